The minimum atomic E-state index is -0.0945. The number of H-pyrrole nitrogens is 1. The van der Waals surface area contributed by atoms with E-state index in [0.717, 1.165) is 57.7 Å². The number of benzene rings is 2. The summed E-state index contributed by atoms with van der Waals surface area (Å²) in [6, 6.07) is 17.8. The van der Waals surface area contributed by atoms with E-state index in [0.29, 0.717) is 12.1 Å². The van der Waals surface area contributed by atoms with Gasteiger partial charge >= 0.3 is 0 Å². The zero-order chi connectivity index (χ0) is 23.8. The summed E-state index contributed by atoms with van der Waals surface area (Å²) in [6.07, 6.45) is 6.56. The standard InChI is InChI=1S/C27H24N6O2/c1-33-15-21(14-31-33)23-12-22-25(29-16-30-26(22)32-23)19-4-2-17(3-5-19)13-28-27(34)20-8-6-18(7-9-20)24-10-11-35-24/h2-9,12,14-16,24H,10-11,13H2,1H3,(H,28,34)(H,29,30,32). The number of fused-ring (bicyclic) bond motifs is 1. The molecular weight excluding hydrogens is 440 g/mol. The lowest BCUT2D eigenvalue weighted by atomic mass is 10.0. The SMILES string of the molecule is Cn1cc(-c2cc3c(-c4ccc(CNC(=O)c5ccc(C6CCO6)cc5)cc4)ncnc3[nH]2)cn1. The summed E-state index contributed by atoms with van der Waals surface area (Å²) in [7, 11) is 1.89. The van der Waals surface area contributed by atoms with Crippen molar-refractivity contribution in [2.24, 2.45) is 7.05 Å². The first-order chi connectivity index (χ1) is 17.1. The largest absolute Gasteiger partial charge is 0.373 e. The number of aromatic amines is 1. The number of carbonyl (C=O) groups excluding carboxylic acids is 1. The lowest BCUT2D eigenvalue weighted by Crippen LogP contribution is -2.23. The number of nitrogens with zero attached hydrogens (tertiary/aromatic N) is 4. The zero-order valence-corrected chi connectivity index (χ0v) is 19.2. The van der Waals surface area contributed by atoms with E-state index in [1.165, 1.54) is 0 Å². The highest BCUT2D eigenvalue weighted by Crippen LogP contribution is 2.30. The van der Waals surface area contributed by atoms with Crippen molar-refractivity contribution < 1.29 is 9.53 Å². The lowest BCUT2D eigenvalue weighted by Gasteiger charge is -2.26. The number of nitrogens with one attached hydrogen (secondary N) is 2. The average Bonchev–Trinajstić information content (AvgIpc) is 3.48. The van der Waals surface area contributed by atoms with Crippen LogP contribution in [0.15, 0.2) is 73.3 Å². The Bertz CT molecular complexity index is 1500. The lowest BCUT2D eigenvalue weighted by molar-refractivity contribution is -0.0527. The summed E-state index contributed by atoms with van der Waals surface area (Å²) >= 11 is 0. The minimum absolute atomic E-state index is 0.0945. The fourth-order valence-electron chi connectivity index (χ4n) is 4.30. The molecule has 174 valence electrons. The van der Waals surface area contributed by atoms with Gasteiger partial charge in [-0.05, 0) is 29.3 Å². The van der Waals surface area contributed by atoms with Crippen molar-refractivity contribution in [1.29, 1.82) is 0 Å². The van der Waals surface area contributed by atoms with Gasteiger partial charge in [0.25, 0.3) is 5.91 Å². The second kappa shape index (κ2) is 8.81. The van der Waals surface area contributed by atoms with E-state index < -0.39 is 0 Å². The van der Waals surface area contributed by atoms with Crippen molar-refractivity contribution >= 4 is 16.9 Å². The van der Waals surface area contributed by atoms with Gasteiger partial charge in [0.2, 0.25) is 0 Å². The van der Waals surface area contributed by atoms with Gasteiger partial charge in [0.1, 0.15) is 12.0 Å². The number of amides is 1. The van der Waals surface area contributed by atoms with Crippen LogP contribution in [0.2, 0.25) is 0 Å². The van der Waals surface area contributed by atoms with Crippen LogP contribution >= 0.6 is 0 Å². The molecule has 4 heterocycles. The first kappa shape index (κ1) is 21.2. The predicted molar refractivity (Wildman–Crippen MR) is 132 cm³/mol. The number of aryl methyl sites for hydroxylation is 1. The van der Waals surface area contributed by atoms with Gasteiger partial charge in [-0.15, -0.1) is 0 Å². The van der Waals surface area contributed by atoms with Crippen LogP contribution in [0.1, 0.15) is 34.0 Å². The molecule has 0 aliphatic carbocycles. The summed E-state index contributed by atoms with van der Waals surface area (Å²) in [5, 5.41) is 8.19. The van der Waals surface area contributed by atoms with Crippen molar-refractivity contribution in [2.75, 3.05) is 6.61 Å². The molecule has 1 saturated heterocycles. The molecule has 0 spiro atoms. The molecule has 1 fully saturated rings. The predicted octanol–water partition coefficient (Wildman–Crippen LogP) is 4.42. The summed E-state index contributed by atoms with van der Waals surface area (Å²) in [5.41, 5.74) is 7.33. The zero-order valence-electron chi connectivity index (χ0n) is 19.2. The number of carbonyl (C=O) groups is 1. The van der Waals surface area contributed by atoms with Gasteiger partial charge < -0.3 is 15.0 Å². The third-order valence-corrected chi connectivity index (χ3v) is 6.37. The Morgan fingerprint density at radius 3 is 2.60 bits per heavy atom. The van der Waals surface area contributed by atoms with Crippen molar-refractivity contribution in [2.45, 2.75) is 19.1 Å². The molecule has 35 heavy (non-hydrogen) atoms. The Morgan fingerprint density at radius 2 is 1.91 bits per heavy atom. The molecular formula is C27H24N6O2. The number of rotatable bonds is 6. The molecule has 3 aromatic heterocycles. The molecule has 0 saturated carbocycles. The number of hydrogen-bond acceptors (Lipinski definition) is 5. The topological polar surface area (TPSA) is 97.7 Å². The molecule has 2 N–H and O–H groups in total. The van der Waals surface area contributed by atoms with Gasteiger partial charge in [-0.3, -0.25) is 9.48 Å². The highest BCUT2D eigenvalue weighted by Gasteiger charge is 2.20. The van der Waals surface area contributed by atoms with Crippen LogP contribution in [0.25, 0.3) is 33.5 Å². The Hall–Kier alpha value is -4.30. The molecule has 2 aromatic carbocycles. The molecule has 8 nitrogen and oxygen atoms in total. The summed E-state index contributed by atoms with van der Waals surface area (Å²) < 4.78 is 7.26. The van der Waals surface area contributed by atoms with Crippen molar-refractivity contribution in [3.05, 3.63) is 90.0 Å². The Balaban J connectivity index is 1.15. The van der Waals surface area contributed by atoms with Crippen molar-refractivity contribution in [3.63, 3.8) is 0 Å². The third-order valence-electron chi connectivity index (χ3n) is 6.37. The van der Waals surface area contributed by atoms with Crippen LogP contribution in [0.5, 0.6) is 0 Å². The van der Waals surface area contributed by atoms with Crippen LogP contribution in [0, 0.1) is 0 Å². The molecule has 5 aromatic rings. The van der Waals surface area contributed by atoms with Crippen LogP contribution in [0.4, 0.5) is 0 Å². The quantitative estimate of drug-likeness (QED) is 0.388. The van der Waals surface area contributed by atoms with Gasteiger partial charge in [-0.1, -0.05) is 36.4 Å². The van der Waals surface area contributed by atoms with Crippen LogP contribution < -0.4 is 5.32 Å². The van der Waals surface area contributed by atoms with E-state index in [1.54, 1.807) is 11.0 Å². The van der Waals surface area contributed by atoms with Crippen molar-refractivity contribution in [3.8, 4) is 22.5 Å². The average molecular weight is 465 g/mol. The molecule has 6 rings (SSSR count). The maximum Gasteiger partial charge on any atom is 0.251 e. The van der Waals surface area contributed by atoms with E-state index in [9.17, 15) is 4.79 Å². The summed E-state index contributed by atoms with van der Waals surface area (Å²) in [4.78, 5) is 24.8. The molecule has 1 atom stereocenters. The molecule has 1 aliphatic rings. The van der Waals surface area contributed by atoms with Crippen LogP contribution in [-0.2, 0) is 18.3 Å². The molecule has 1 unspecified atom stereocenters. The van der Waals surface area contributed by atoms with Gasteiger partial charge in [-0.25, -0.2) is 9.97 Å². The summed E-state index contributed by atoms with van der Waals surface area (Å²) in [5.74, 6) is -0.0945. The molecule has 1 amide bonds. The third kappa shape index (κ3) is 4.20. The number of aromatic nitrogens is 5. The normalized spacial score (nSPS) is 15.2. The second-order valence-electron chi connectivity index (χ2n) is 8.72. The smallest absolute Gasteiger partial charge is 0.251 e. The van der Waals surface area contributed by atoms with E-state index in [4.69, 9.17) is 4.74 Å². The van der Waals surface area contributed by atoms with Crippen LogP contribution in [0.3, 0.4) is 0 Å². The Morgan fingerprint density at radius 1 is 1.11 bits per heavy atom. The highest BCUT2D eigenvalue weighted by molar-refractivity contribution is 5.95. The second-order valence-corrected chi connectivity index (χ2v) is 8.72. The Kier molecular flexibility index (Phi) is 5.35. The fourth-order valence-corrected chi connectivity index (χ4v) is 4.30. The minimum Gasteiger partial charge on any atom is -0.373 e. The molecule has 0 bridgehead atoms. The van der Waals surface area contributed by atoms with Gasteiger partial charge in [0.15, 0.2) is 0 Å². The molecule has 8 heteroatoms. The first-order valence-corrected chi connectivity index (χ1v) is 11.6. The molecule has 0 radical (unpaired) electrons. The van der Waals surface area contributed by atoms with Crippen LogP contribution in [-0.4, -0.2) is 37.2 Å². The number of hydrogen-bond donors (Lipinski definition) is 2. The van der Waals surface area contributed by atoms with E-state index in [-0.39, 0.29) is 12.0 Å². The van der Waals surface area contributed by atoms with E-state index >= 15 is 0 Å². The van der Waals surface area contributed by atoms with E-state index in [1.807, 2.05) is 68.0 Å². The van der Waals surface area contributed by atoms with Gasteiger partial charge in [-0.2, -0.15) is 5.10 Å². The maximum absolute atomic E-state index is 12.6. The fraction of sp³-hybridized carbons (Fsp3) is 0.185. The maximum atomic E-state index is 12.6. The number of ether oxygens (including phenoxy) is 1. The molecule has 1 aliphatic heterocycles. The van der Waals surface area contributed by atoms with E-state index in [2.05, 4.69) is 31.4 Å². The Labute approximate surface area is 202 Å². The van der Waals surface area contributed by atoms with Gasteiger partial charge in [0, 0.05) is 48.3 Å². The monoisotopic (exact) mass is 464 g/mol. The highest BCUT2D eigenvalue weighted by atomic mass is 16.5. The summed E-state index contributed by atoms with van der Waals surface area (Å²) in [6.45, 7) is 1.26. The van der Waals surface area contributed by atoms with Gasteiger partial charge in [0.05, 0.1) is 30.3 Å². The first-order valence-electron chi connectivity index (χ1n) is 11.6. The van der Waals surface area contributed by atoms with Crippen molar-refractivity contribution in [1.82, 2.24) is 30.0 Å².